The summed E-state index contributed by atoms with van der Waals surface area (Å²) in [7, 11) is 0. The summed E-state index contributed by atoms with van der Waals surface area (Å²) in [6.45, 7) is 5.07. The Balaban J connectivity index is 1.82. The Morgan fingerprint density at radius 1 is 1.29 bits per heavy atom. The highest BCUT2D eigenvalue weighted by atomic mass is 32.1. The first-order valence-corrected chi connectivity index (χ1v) is 7.80. The number of rotatable bonds is 5. The van der Waals surface area contributed by atoms with Gasteiger partial charge in [0.25, 0.3) is 0 Å². The number of anilines is 1. The highest BCUT2D eigenvalue weighted by molar-refractivity contribution is 7.08. The fourth-order valence-corrected chi connectivity index (χ4v) is 2.65. The van der Waals surface area contributed by atoms with Crippen molar-refractivity contribution in [2.75, 3.05) is 11.9 Å². The molecule has 3 aromatic rings. The van der Waals surface area contributed by atoms with Crippen molar-refractivity contribution in [1.82, 2.24) is 19.8 Å². The monoisotopic (exact) mass is 299 g/mol. The van der Waals surface area contributed by atoms with Gasteiger partial charge in [0.1, 0.15) is 5.82 Å². The average molecular weight is 299 g/mol. The molecule has 0 aliphatic heterocycles. The van der Waals surface area contributed by atoms with Gasteiger partial charge in [-0.2, -0.15) is 15.9 Å². The maximum atomic E-state index is 4.57. The molecule has 0 aliphatic carbocycles. The number of nitrogens with zero attached hydrogens (tertiary/aromatic N) is 4. The molecule has 3 aromatic heterocycles. The zero-order chi connectivity index (χ0) is 14.7. The number of nitrogens with one attached hydrogen (secondary N) is 1. The minimum Gasteiger partial charge on any atom is -0.368 e. The maximum absolute atomic E-state index is 4.57. The quantitative estimate of drug-likeness (QED) is 0.577. The molecule has 0 atom stereocenters. The minimum absolute atomic E-state index is 0.756. The van der Waals surface area contributed by atoms with E-state index in [1.54, 1.807) is 15.9 Å². The molecule has 3 rings (SSSR count). The summed E-state index contributed by atoms with van der Waals surface area (Å²) in [5.41, 5.74) is 3.13. The molecular weight excluding hydrogens is 282 g/mol. The predicted octanol–water partition coefficient (Wildman–Crippen LogP) is 3.62. The van der Waals surface area contributed by atoms with Crippen molar-refractivity contribution in [2.45, 2.75) is 20.3 Å². The third-order valence-electron chi connectivity index (χ3n) is 3.05. The lowest BCUT2D eigenvalue weighted by Crippen LogP contribution is -2.05. The Hall–Kier alpha value is -2.21. The lowest BCUT2D eigenvalue weighted by Gasteiger charge is -2.04. The molecule has 0 aromatic carbocycles. The molecule has 1 N–H and O–H groups in total. The first-order chi connectivity index (χ1) is 10.2. The van der Waals surface area contributed by atoms with Crippen LogP contribution in [0.5, 0.6) is 0 Å². The van der Waals surface area contributed by atoms with Crippen molar-refractivity contribution in [2.24, 2.45) is 0 Å². The molecule has 3 heterocycles. The zero-order valence-electron chi connectivity index (χ0n) is 12.1. The van der Waals surface area contributed by atoms with Crippen LogP contribution in [0.4, 0.5) is 5.82 Å². The van der Waals surface area contributed by atoms with E-state index < -0.39 is 0 Å². The zero-order valence-corrected chi connectivity index (χ0v) is 12.9. The molecule has 0 aliphatic rings. The molecule has 0 saturated heterocycles. The molecule has 108 valence electrons. The Morgan fingerprint density at radius 2 is 2.19 bits per heavy atom. The molecule has 6 heteroatoms. The third-order valence-corrected chi connectivity index (χ3v) is 3.73. The summed E-state index contributed by atoms with van der Waals surface area (Å²) in [6, 6.07) is 5.89. The van der Waals surface area contributed by atoms with Gasteiger partial charge in [-0.15, -0.1) is 15.3 Å². The number of aromatic nitrogens is 4. The van der Waals surface area contributed by atoms with Crippen LogP contribution in [0.2, 0.25) is 0 Å². The highest BCUT2D eigenvalue weighted by Gasteiger charge is 2.09. The summed E-state index contributed by atoms with van der Waals surface area (Å²) in [6.07, 6.45) is 3.20. The first kappa shape index (κ1) is 13.8. The van der Waals surface area contributed by atoms with Crippen LogP contribution in [-0.2, 0) is 0 Å². The molecule has 5 nitrogen and oxygen atoms in total. The van der Waals surface area contributed by atoms with Crippen molar-refractivity contribution in [3.05, 3.63) is 40.6 Å². The van der Waals surface area contributed by atoms with Crippen LogP contribution in [0.3, 0.4) is 0 Å². The second-order valence-corrected chi connectivity index (χ2v) is 5.80. The minimum atomic E-state index is 0.756. The Bertz CT molecular complexity index is 754. The van der Waals surface area contributed by atoms with Crippen molar-refractivity contribution in [3.63, 3.8) is 0 Å². The van der Waals surface area contributed by atoms with Crippen LogP contribution in [0, 0.1) is 0 Å². The lowest BCUT2D eigenvalue weighted by molar-refractivity contribution is 0.920. The van der Waals surface area contributed by atoms with Gasteiger partial charge in [-0.05, 0) is 43.8 Å². The standard InChI is InChI=1S/C15H17N5S/c1-11(2)4-3-8-16-13-5-6-14-17-18-15(20(14)19-13)12-7-9-21-10-12/h4-7,9-10H,3,8H2,1-2H3,(H,16,19). The molecule has 0 unspecified atom stereocenters. The first-order valence-electron chi connectivity index (χ1n) is 6.86. The van der Waals surface area contributed by atoms with Crippen LogP contribution in [0.15, 0.2) is 40.6 Å². The summed E-state index contributed by atoms with van der Waals surface area (Å²) >= 11 is 1.64. The van der Waals surface area contributed by atoms with Crippen molar-refractivity contribution in [1.29, 1.82) is 0 Å². The number of hydrogen-bond acceptors (Lipinski definition) is 5. The second-order valence-electron chi connectivity index (χ2n) is 5.02. The van der Waals surface area contributed by atoms with Crippen LogP contribution in [-0.4, -0.2) is 26.4 Å². The van der Waals surface area contributed by atoms with Gasteiger partial charge in [0, 0.05) is 17.5 Å². The largest absolute Gasteiger partial charge is 0.368 e. The summed E-state index contributed by atoms with van der Waals surface area (Å²) < 4.78 is 1.78. The van der Waals surface area contributed by atoms with Crippen LogP contribution < -0.4 is 5.32 Å². The van der Waals surface area contributed by atoms with Crippen molar-refractivity contribution in [3.8, 4) is 11.4 Å². The van der Waals surface area contributed by atoms with Crippen LogP contribution in [0.1, 0.15) is 20.3 Å². The average Bonchev–Trinajstić information content (AvgIpc) is 3.11. The van der Waals surface area contributed by atoms with E-state index in [4.69, 9.17) is 0 Å². The van der Waals surface area contributed by atoms with E-state index in [2.05, 4.69) is 40.5 Å². The van der Waals surface area contributed by atoms with Gasteiger partial charge in [-0.25, -0.2) is 0 Å². The van der Waals surface area contributed by atoms with E-state index in [-0.39, 0.29) is 0 Å². The van der Waals surface area contributed by atoms with E-state index in [9.17, 15) is 0 Å². The topological polar surface area (TPSA) is 55.1 Å². The van der Waals surface area contributed by atoms with Gasteiger partial charge in [-0.1, -0.05) is 11.6 Å². The molecule has 0 spiro atoms. The Morgan fingerprint density at radius 3 is 2.95 bits per heavy atom. The maximum Gasteiger partial charge on any atom is 0.186 e. The smallest absolute Gasteiger partial charge is 0.186 e. The van der Waals surface area contributed by atoms with E-state index in [1.807, 2.05) is 29.0 Å². The fraction of sp³-hybridized carbons (Fsp3) is 0.267. The molecule has 0 saturated carbocycles. The molecule has 0 radical (unpaired) electrons. The Labute approximate surface area is 127 Å². The highest BCUT2D eigenvalue weighted by Crippen LogP contribution is 2.20. The fourth-order valence-electron chi connectivity index (χ4n) is 2.02. The SMILES string of the molecule is CC(C)=CCCNc1ccc2nnc(-c3ccsc3)n2n1. The molecule has 0 amide bonds. The normalized spacial score (nSPS) is 10.8. The van der Waals surface area contributed by atoms with E-state index >= 15 is 0 Å². The molecular formula is C15H17N5S. The molecule has 21 heavy (non-hydrogen) atoms. The van der Waals surface area contributed by atoms with Gasteiger partial charge < -0.3 is 5.32 Å². The molecule has 0 bridgehead atoms. The van der Waals surface area contributed by atoms with Crippen molar-refractivity contribution < 1.29 is 0 Å². The summed E-state index contributed by atoms with van der Waals surface area (Å²) in [5.74, 6) is 1.61. The van der Waals surface area contributed by atoms with E-state index in [0.717, 1.165) is 35.8 Å². The Kier molecular flexibility index (Phi) is 3.96. The number of thiophene rings is 1. The molecule has 0 fully saturated rings. The van der Waals surface area contributed by atoms with Gasteiger partial charge in [0.2, 0.25) is 0 Å². The summed E-state index contributed by atoms with van der Waals surface area (Å²) in [4.78, 5) is 0. The van der Waals surface area contributed by atoms with Gasteiger partial charge in [-0.3, -0.25) is 0 Å². The third kappa shape index (κ3) is 3.11. The van der Waals surface area contributed by atoms with Gasteiger partial charge >= 0.3 is 0 Å². The lowest BCUT2D eigenvalue weighted by atomic mass is 10.3. The summed E-state index contributed by atoms with van der Waals surface area (Å²) in [5, 5.41) is 20.3. The van der Waals surface area contributed by atoms with Gasteiger partial charge in [0.15, 0.2) is 11.5 Å². The van der Waals surface area contributed by atoms with E-state index in [1.165, 1.54) is 5.57 Å². The second kappa shape index (κ2) is 6.05. The number of hydrogen-bond donors (Lipinski definition) is 1. The number of fused-ring (bicyclic) bond motifs is 1. The number of allylic oxidation sites excluding steroid dienone is 1. The van der Waals surface area contributed by atoms with Crippen LogP contribution >= 0.6 is 11.3 Å². The van der Waals surface area contributed by atoms with Crippen LogP contribution in [0.25, 0.3) is 17.0 Å². The van der Waals surface area contributed by atoms with Gasteiger partial charge in [0.05, 0.1) is 0 Å². The predicted molar refractivity (Wildman–Crippen MR) is 86.6 cm³/mol. The van der Waals surface area contributed by atoms with Crippen molar-refractivity contribution >= 4 is 22.8 Å². The van der Waals surface area contributed by atoms with E-state index in [0.29, 0.717) is 0 Å².